The van der Waals surface area contributed by atoms with Crippen LogP contribution in [0, 0.1) is 0 Å². The summed E-state index contributed by atoms with van der Waals surface area (Å²) in [6.45, 7) is -0.0396. The molecule has 4 rings (SSSR count). The van der Waals surface area contributed by atoms with Crippen LogP contribution in [0.5, 0.6) is 5.75 Å². The number of hydrogen-bond donors (Lipinski definition) is 4. The molecule has 0 aliphatic heterocycles. The number of pyridine rings is 1. The molecule has 206 valence electrons. The molecule has 3 amide bonds. The molecule has 11 heteroatoms. The highest BCUT2D eigenvalue weighted by molar-refractivity contribution is 6.07. The van der Waals surface area contributed by atoms with Crippen LogP contribution in [-0.2, 0) is 14.1 Å². The van der Waals surface area contributed by atoms with Crippen LogP contribution in [-0.4, -0.2) is 57.2 Å². The Kier molecular flexibility index (Phi) is 8.77. The normalized spacial score (nSPS) is 10.9. The summed E-state index contributed by atoms with van der Waals surface area (Å²) in [6.07, 6.45) is 8.50. The maximum absolute atomic E-state index is 12.9. The number of nitrogens with one attached hydrogen (secondary N) is 3. The highest BCUT2D eigenvalue weighted by Crippen LogP contribution is 2.19. The molecule has 4 aromatic rings. The summed E-state index contributed by atoms with van der Waals surface area (Å²) in [6, 6.07) is 14.1. The number of aliphatic hydroxyl groups excluding tert-OH is 1. The molecule has 0 fully saturated rings. The van der Waals surface area contributed by atoms with Crippen LogP contribution < -0.4 is 20.7 Å². The topological polar surface area (TPSA) is 140 Å². The van der Waals surface area contributed by atoms with E-state index in [1.54, 1.807) is 67.0 Å². The standard InChI is InChI=1S/C29H30N6O5/c1-34-18-23(14-25(34)28(38)30-12-13-36)33-29(39)26-15-22(17-35(26)2)32-27(37)20-7-9-21(31-16-20)8-4-19-5-10-24(40-3)11-6-19/h4-11,14-18,36H,12-13H2,1-3H3,(H,30,38)(H,32,37)(H,33,39)/b8-4+. The lowest BCUT2D eigenvalue weighted by Crippen LogP contribution is -2.27. The number of aromatic nitrogens is 3. The number of rotatable bonds is 10. The number of ether oxygens (including phenoxy) is 1. The average Bonchev–Trinajstić information content (AvgIpc) is 3.51. The van der Waals surface area contributed by atoms with Gasteiger partial charge in [0.25, 0.3) is 17.7 Å². The Balaban J connectivity index is 1.37. The third-order valence-electron chi connectivity index (χ3n) is 6.00. The number of anilines is 2. The second-order valence-electron chi connectivity index (χ2n) is 8.92. The highest BCUT2D eigenvalue weighted by atomic mass is 16.5. The Bertz CT molecular complexity index is 1530. The zero-order valence-electron chi connectivity index (χ0n) is 22.3. The van der Waals surface area contributed by atoms with Gasteiger partial charge in [-0.2, -0.15) is 0 Å². The monoisotopic (exact) mass is 542 g/mol. The first-order chi connectivity index (χ1) is 19.3. The molecule has 0 aliphatic carbocycles. The van der Waals surface area contributed by atoms with Crippen LogP contribution in [0.2, 0.25) is 0 Å². The maximum atomic E-state index is 12.9. The molecular formula is C29H30N6O5. The van der Waals surface area contributed by atoms with Crippen molar-refractivity contribution in [3.05, 3.63) is 95.3 Å². The van der Waals surface area contributed by atoms with Crippen molar-refractivity contribution in [2.24, 2.45) is 14.1 Å². The molecule has 0 spiro atoms. The van der Waals surface area contributed by atoms with Gasteiger partial charge in [-0.3, -0.25) is 19.4 Å². The average molecular weight is 543 g/mol. The first kappa shape index (κ1) is 27.9. The third-order valence-corrected chi connectivity index (χ3v) is 6.00. The van der Waals surface area contributed by atoms with E-state index < -0.39 is 5.91 Å². The van der Waals surface area contributed by atoms with Crippen LogP contribution in [0.3, 0.4) is 0 Å². The lowest BCUT2D eigenvalue weighted by atomic mass is 10.1. The number of aryl methyl sites for hydroxylation is 2. The van der Waals surface area contributed by atoms with E-state index in [4.69, 9.17) is 9.84 Å². The molecule has 0 bridgehead atoms. The van der Waals surface area contributed by atoms with Crippen molar-refractivity contribution in [3.63, 3.8) is 0 Å². The summed E-state index contributed by atoms with van der Waals surface area (Å²) >= 11 is 0. The van der Waals surface area contributed by atoms with E-state index in [1.165, 1.54) is 6.20 Å². The summed E-state index contributed by atoms with van der Waals surface area (Å²) in [4.78, 5) is 42.2. The molecule has 0 atom stereocenters. The highest BCUT2D eigenvalue weighted by Gasteiger charge is 2.17. The van der Waals surface area contributed by atoms with Gasteiger partial charge in [-0.25, -0.2) is 0 Å². The van der Waals surface area contributed by atoms with E-state index in [0.29, 0.717) is 34.0 Å². The fraction of sp³-hybridized carbons (Fsp3) is 0.172. The molecule has 4 N–H and O–H groups in total. The van der Waals surface area contributed by atoms with Gasteiger partial charge in [-0.1, -0.05) is 18.2 Å². The van der Waals surface area contributed by atoms with E-state index in [9.17, 15) is 14.4 Å². The smallest absolute Gasteiger partial charge is 0.272 e. The number of hydrogen-bond acceptors (Lipinski definition) is 6. The molecule has 0 unspecified atom stereocenters. The second kappa shape index (κ2) is 12.6. The minimum Gasteiger partial charge on any atom is -0.497 e. The van der Waals surface area contributed by atoms with E-state index in [-0.39, 0.29) is 25.0 Å². The third kappa shape index (κ3) is 6.83. The van der Waals surface area contributed by atoms with Crippen LogP contribution in [0.4, 0.5) is 11.4 Å². The number of aliphatic hydroxyl groups is 1. The first-order valence-corrected chi connectivity index (χ1v) is 12.4. The van der Waals surface area contributed by atoms with Gasteiger partial charge in [0, 0.05) is 39.2 Å². The minimum atomic E-state index is -0.411. The molecule has 0 radical (unpaired) electrons. The van der Waals surface area contributed by atoms with Crippen LogP contribution >= 0.6 is 0 Å². The molecule has 11 nitrogen and oxygen atoms in total. The predicted molar refractivity (Wildman–Crippen MR) is 152 cm³/mol. The molecule has 0 aliphatic rings. The van der Waals surface area contributed by atoms with E-state index in [1.807, 2.05) is 36.4 Å². The predicted octanol–water partition coefficient (Wildman–Crippen LogP) is 3.16. The Morgan fingerprint density at radius 1 is 0.875 bits per heavy atom. The summed E-state index contributed by atoms with van der Waals surface area (Å²) in [5, 5.41) is 17.0. The molecule has 0 saturated carbocycles. The largest absolute Gasteiger partial charge is 0.497 e. The number of benzene rings is 1. The van der Waals surface area contributed by atoms with E-state index in [2.05, 4.69) is 20.9 Å². The first-order valence-electron chi connectivity index (χ1n) is 12.4. The van der Waals surface area contributed by atoms with Gasteiger partial charge < -0.3 is 34.9 Å². The molecule has 3 aromatic heterocycles. The molecule has 3 heterocycles. The number of amides is 3. The summed E-state index contributed by atoms with van der Waals surface area (Å²) < 4.78 is 8.33. The van der Waals surface area contributed by atoms with Crippen LogP contribution in [0.25, 0.3) is 12.2 Å². The van der Waals surface area contributed by atoms with Crippen molar-refractivity contribution in [1.82, 2.24) is 19.4 Å². The van der Waals surface area contributed by atoms with Crippen molar-refractivity contribution < 1.29 is 24.2 Å². The maximum Gasteiger partial charge on any atom is 0.272 e. The fourth-order valence-corrected chi connectivity index (χ4v) is 3.91. The Hall–Kier alpha value is -5.16. The van der Waals surface area contributed by atoms with Crippen molar-refractivity contribution >= 4 is 41.2 Å². The zero-order chi connectivity index (χ0) is 28.6. The lowest BCUT2D eigenvalue weighted by molar-refractivity contribution is 0.0935. The summed E-state index contributed by atoms with van der Waals surface area (Å²) in [5.41, 5.74) is 3.57. The summed E-state index contributed by atoms with van der Waals surface area (Å²) in [5.74, 6) is -0.358. The van der Waals surface area contributed by atoms with Crippen molar-refractivity contribution in [2.45, 2.75) is 0 Å². The quantitative estimate of drug-likeness (QED) is 0.243. The number of carbonyl (C=O) groups is 3. The van der Waals surface area contributed by atoms with Gasteiger partial charge in [0.05, 0.1) is 36.3 Å². The Labute approximate surface area is 231 Å². The van der Waals surface area contributed by atoms with Gasteiger partial charge in [0.2, 0.25) is 0 Å². The van der Waals surface area contributed by atoms with Crippen molar-refractivity contribution in [1.29, 1.82) is 0 Å². The Morgan fingerprint density at radius 2 is 1.50 bits per heavy atom. The molecule has 40 heavy (non-hydrogen) atoms. The fourth-order valence-electron chi connectivity index (χ4n) is 3.91. The van der Waals surface area contributed by atoms with Crippen molar-refractivity contribution in [2.75, 3.05) is 30.9 Å². The van der Waals surface area contributed by atoms with E-state index >= 15 is 0 Å². The van der Waals surface area contributed by atoms with Crippen molar-refractivity contribution in [3.8, 4) is 5.75 Å². The molecule has 1 aromatic carbocycles. The number of nitrogens with zero attached hydrogens (tertiary/aromatic N) is 3. The van der Waals surface area contributed by atoms with Crippen LogP contribution in [0.15, 0.2) is 67.1 Å². The van der Waals surface area contributed by atoms with Gasteiger partial charge in [0.15, 0.2) is 0 Å². The van der Waals surface area contributed by atoms with Gasteiger partial charge in [-0.05, 0) is 48.0 Å². The minimum absolute atomic E-state index is 0.130. The van der Waals surface area contributed by atoms with Gasteiger partial charge >= 0.3 is 0 Å². The summed E-state index contributed by atoms with van der Waals surface area (Å²) in [7, 11) is 4.99. The van der Waals surface area contributed by atoms with E-state index in [0.717, 1.165) is 11.3 Å². The zero-order valence-corrected chi connectivity index (χ0v) is 22.3. The second-order valence-corrected chi connectivity index (χ2v) is 8.92. The SMILES string of the molecule is COc1ccc(/C=C/c2ccc(C(=O)Nc3cc(C(=O)Nc4cc(C(=O)NCCO)n(C)c4)n(C)c3)cn2)cc1. The Morgan fingerprint density at radius 3 is 2.08 bits per heavy atom. The lowest BCUT2D eigenvalue weighted by Gasteiger charge is -2.03. The molecule has 0 saturated heterocycles. The number of carbonyl (C=O) groups excluding carboxylic acids is 3. The molecular weight excluding hydrogens is 512 g/mol. The van der Waals surface area contributed by atoms with Gasteiger partial charge in [-0.15, -0.1) is 0 Å². The van der Waals surface area contributed by atoms with Crippen LogP contribution in [0.1, 0.15) is 42.6 Å². The van der Waals surface area contributed by atoms with Gasteiger partial charge in [0.1, 0.15) is 17.1 Å². The number of methoxy groups -OCH3 is 1.